The van der Waals surface area contributed by atoms with Gasteiger partial charge in [-0.2, -0.15) is 0 Å². The fourth-order valence-electron chi connectivity index (χ4n) is 0. The molecule has 4 heteroatoms. The molecule has 0 aliphatic heterocycles. The van der Waals surface area contributed by atoms with Crippen molar-refractivity contribution in [1.82, 2.24) is 0 Å². The van der Waals surface area contributed by atoms with E-state index in [0.29, 0.717) is 0 Å². The Morgan fingerprint density at radius 3 is 1.00 bits per heavy atom. The van der Waals surface area contributed by atoms with Crippen LogP contribution in [0.2, 0.25) is 0 Å². The molecule has 31 valence electrons. The molecule has 0 rings (SSSR count). The number of hydrogen-bond acceptors (Lipinski definition) is 0. The second-order valence-corrected chi connectivity index (χ2v) is 0. The average molecular weight is 187 g/mol. The quantitative estimate of drug-likeness (QED) is 0.473. The minimum atomic E-state index is 0. The largest absolute Gasteiger partial charge is 2.00 e. The Bertz CT molecular complexity index is 8.00. The molecule has 0 spiro atoms. The predicted molar refractivity (Wildman–Crippen MR) is 0.686 cm³/mol. The molecule has 0 aliphatic rings. The van der Waals surface area contributed by atoms with Gasteiger partial charge in [-0.05, 0) is 0 Å². The van der Waals surface area contributed by atoms with Gasteiger partial charge >= 0.3 is 17.1 Å². The molecule has 4 heavy (non-hydrogen) atoms. The molecular formula is CrCuFeO. The maximum absolute atomic E-state index is 0. The van der Waals surface area contributed by atoms with E-state index in [0.717, 1.165) is 0 Å². The molecule has 0 atom stereocenters. The molecule has 0 aromatic rings. The van der Waals surface area contributed by atoms with Crippen LogP contribution in [0.5, 0.6) is 0 Å². The Labute approximate surface area is 56.9 Å². The fourth-order valence-corrected chi connectivity index (χ4v) is 0. The fraction of sp³-hybridized carbons (Fsp3) is 0. The standard InChI is InChI=1S/Cr.Cu.Fe.O/q;+2;;-2. The van der Waals surface area contributed by atoms with Crippen molar-refractivity contribution < 1.29 is 57.0 Å². The van der Waals surface area contributed by atoms with Crippen molar-refractivity contribution in [1.29, 1.82) is 0 Å². The Morgan fingerprint density at radius 2 is 1.00 bits per heavy atom. The van der Waals surface area contributed by atoms with Crippen molar-refractivity contribution in [2.75, 3.05) is 0 Å². The second-order valence-electron chi connectivity index (χ2n) is 0. The first kappa shape index (κ1) is 48.4. The van der Waals surface area contributed by atoms with Crippen LogP contribution in [0.1, 0.15) is 0 Å². The SMILES string of the molecule is [Cr].[Cu+2].[Fe].[O-2]. The first-order chi connectivity index (χ1) is 0. The monoisotopic (exact) mass is 187 g/mol. The zero-order valence-corrected chi connectivity index (χ0v) is 4.79. The number of hydrogen-bond donors (Lipinski definition) is 0. The summed E-state index contributed by atoms with van der Waals surface area (Å²) in [5.41, 5.74) is 0. The molecule has 0 aromatic carbocycles. The van der Waals surface area contributed by atoms with E-state index in [1.807, 2.05) is 0 Å². The molecule has 0 fully saturated rings. The molecule has 0 amide bonds. The summed E-state index contributed by atoms with van der Waals surface area (Å²) in [5.74, 6) is 0. The van der Waals surface area contributed by atoms with Crippen LogP contribution in [0.3, 0.4) is 0 Å². The normalized spacial score (nSPS) is 0. The predicted octanol–water partition coefficient (Wildman–Crippen LogP) is -0.126. The molecule has 1 radical (unpaired) electrons. The van der Waals surface area contributed by atoms with Gasteiger partial charge in [-0.1, -0.05) is 0 Å². The molecule has 0 aliphatic carbocycles. The van der Waals surface area contributed by atoms with E-state index < -0.39 is 0 Å². The summed E-state index contributed by atoms with van der Waals surface area (Å²) in [7, 11) is 0. The zero-order chi connectivity index (χ0) is 0. The van der Waals surface area contributed by atoms with Crippen LogP contribution in [0.25, 0.3) is 0 Å². The molecular weight excluding hydrogens is 187 g/mol. The second kappa shape index (κ2) is 24.1. The molecule has 0 saturated heterocycles. The van der Waals surface area contributed by atoms with Crippen LogP contribution >= 0.6 is 0 Å². The smallest absolute Gasteiger partial charge is 2.00 e. The van der Waals surface area contributed by atoms with Crippen molar-refractivity contribution >= 4 is 0 Å². The van der Waals surface area contributed by atoms with E-state index in [2.05, 4.69) is 0 Å². The first-order valence-electron chi connectivity index (χ1n) is 0. The summed E-state index contributed by atoms with van der Waals surface area (Å²) in [6.45, 7) is 0. The van der Waals surface area contributed by atoms with E-state index in [4.69, 9.17) is 0 Å². The van der Waals surface area contributed by atoms with E-state index in [1.54, 1.807) is 0 Å². The van der Waals surface area contributed by atoms with Crippen LogP contribution in [0.15, 0.2) is 0 Å². The van der Waals surface area contributed by atoms with E-state index in [9.17, 15) is 0 Å². The maximum Gasteiger partial charge on any atom is 2.00 e. The molecule has 0 heterocycles. The van der Waals surface area contributed by atoms with Gasteiger partial charge in [0.25, 0.3) is 0 Å². The third-order valence-electron chi connectivity index (χ3n) is 0. The van der Waals surface area contributed by atoms with Crippen LogP contribution in [-0.4, -0.2) is 0 Å². The van der Waals surface area contributed by atoms with Gasteiger partial charge in [-0.25, -0.2) is 0 Å². The summed E-state index contributed by atoms with van der Waals surface area (Å²) in [5, 5.41) is 0. The molecule has 0 aromatic heterocycles. The molecule has 0 unspecified atom stereocenters. The average Bonchev–Trinajstić information content (AvgIpc) is 0. The first-order valence-corrected chi connectivity index (χ1v) is 0. The maximum atomic E-state index is 0. The minimum Gasteiger partial charge on any atom is -2.00 e. The zero-order valence-electron chi connectivity index (χ0n) is 1.47. The van der Waals surface area contributed by atoms with Gasteiger partial charge in [0, 0.05) is 34.4 Å². The van der Waals surface area contributed by atoms with Gasteiger partial charge in [-0.15, -0.1) is 0 Å². The van der Waals surface area contributed by atoms with Crippen LogP contribution in [0.4, 0.5) is 0 Å². The van der Waals surface area contributed by atoms with Gasteiger partial charge < -0.3 is 5.48 Å². The summed E-state index contributed by atoms with van der Waals surface area (Å²) in [4.78, 5) is 0. The number of rotatable bonds is 0. The van der Waals surface area contributed by atoms with Gasteiger partial charge in [0.15, 0.2) is 0 Å². The van der Waals surface area contributed by atoms with Gasteiger partial charge in [0.2, 0.25) is 0 Å². The van der Waals surface area contributed by atoms with E-state index in [-0.39, 0.29) is 57.0 Å². The van der Waals surface area contributed by atoms with E-state index in [1.165, 1.54) is 0 Å². The molecule has 0 bridgehead atoms. The van der Waals surface area contributed by atoms with Crippen molar-refractivity contribution in [2.45, 2.75) is 0 Å². The van der Waals surface area contributed by atoms with Gasteiger partial charge in [0.05, 0.1) is 0 Å². The van der Waals surface area contributed by atoms with Crippen LogP contribution in [0, 0.1) is 0 Å². The molecule has 0 N–H and O–H groups in total. The summed E-state index contributed by atoms with van der Waals surface area (Å²) in [6.07, 6.45) is 0. The van der Waals surface area contributed by atoms with Crippen molar-refractivity contribution in [3.05, 3.63) is 0 Å². The molecule has 0 saturated carbocycles. The van der Waals surface area contributed by atoms with Crippen molar-refractivity contribution in [2.24, 2.45) is 0 Å². The van der Waals surface area contributed by atoms with Crippen LogP contribution in [-0.2, 0) is 57.0 Å². The van der Waals surface area contributed by atoms with Gasteiger partial charge in [-0.3, -0.25) is 0 Å². The van der Waals surface area contributed by atoms with Crippen molar-refractivity contribution in [3.63, 3.8) is 0 Å². The summed E-state index contributed by atoms with van der Waals surface area (Å²) in [6, 6.07) is 0. The van der Waals surface area contributed by atoms with Crippen molar-refractivity contribution in [3.8, 4) is 0 Å². The summed E-state index contributed by atoms with van der Waals surface area (Å²) < 4.78 is 0. The summed E-state index contributed by atoms with van der Waals surface area (Å²) >= 11 is 0. The Balaban J connectivity index is 0. The third kappa shape index (κ3) is 9.65. The third-order valence-corrected chi connectivity index (χ3v) is 0. The topological polar surface area (TPSA) is 28.5 Å². The minimum absolute atomic E-state index is 0. The Hall–Kier alpha value is 1.53. The molecule has 1 nitrogen and oxygen atoms in total. The van der Waals surface area contributed by atoms with Crippen LogP contribution < -0.4 is 0 Å². The Morgan fingerprint density at radius 1 is 1.00 bits per heavy atom. The van der Waals surface area contributed by atoms with Gasteiger partial charge in [0.1, 0.15) is 0 Å². The Kier molecular flexibility index (Phi) is 292. The van der Waals surface area contributed by atoms with E-state index >= 15 is 0 Å².